The van der Waals surface area contributed by atoms with Gasteiger partial charge in [0.05, 0.1) is 5.25 Å². The van der Waals surface area contributed by atoms with Crippen LogP contribution in [-0.2, 0) is 10.0 Å². The minimum absolute atomic E-state index is 0.0179. The highest BCUT2D eigenvalue weighted by molar-refractivity contribution is 7.89. The molecular formula is C8H20N2O2S. The van der Waals surface area contributed by atoms with Gasteiger partial charge in [0, 0.05) is 19.6 Å². The SMILES string of the molecule is CNCC(C)S(=O)(=O)N(C)C(C)C. The summed E-state index contributed by atoms with van der Waals surface area (Å²) in [7, 11) is 0.239. The van der Waals surface area contributed by atoms with Gasteiger partial charge in [-0.15, -0.1) is 0 Å². The van der Waals surface area contributed by atoms with Crippen molar-refractivity contribution in [2.45, 2.75) is 32.1 Å². The molecule has 0 aliphatic heterocycles. The molecule has 13 heavy (non-hydrogen) atoms. The number of sulfonamides is 1. The first-order chi connectivity index (χ1) is 5.84. The van der Waals surface area contributed by atoms with Gasteiger partial charge in [0.25, 0.3) is 0 Å². The van der Waals surface area contributed by atoms with Crippen LogP contribution in [0.4, 0.5) is 0 Å². The molecule has 5 heteroatoms. The van der Waals surface area contributed by atoms with E-state index in [1.54, 1.807) is 21.0 Å². The molecule has 0 fully saturated rings. The summed E-state index contributed by atoms with van der Waals surface area (Å²) in [5.41, 5.74) is 0. The smallest absolute Gasteiger partial charge is 0.217 e. The highest BCUT2D eigenvalue weighted by Crippen LogP contribution is 2.09. The normalized spacial score (nSPS) is 15.3. The summed E-state index contributed by atoms with van der Waals surface area (Å²) in [6, 6.07) is 0.0179. The molecule has 0 heterocycles. The second kappa shape index (κ2) is 4.93. The van der Waals surface area contributed by atoms with Crippen molar-refractivity contribution in [2.75, 3.05) is 20.6 Å². The van der Waals surface area contributed by atoms with Crippen molar-refractivity contribution in [3.05, 3.63) is 0 Å². The van der Waals surface area contributed by atoms with Crippen molar-refractivity contribution in [3.63, 3.8) is 0 Å². The van der Waals surface area contributed by atoms with Crippen LogP contribution < -0.4 is 5.32 Å². The van der Waals surface area contributed by atoms with Crippen LogP contribution in [0.3, 0.4) is 0 Å². The molecule has 0 aliphatic rings. The second-order valence-electron chi connectivity index (χ2n) is 3.52. The Bertz CT molecular complexity index is 237. The Hall–Kier alpha value is -0.130. The van der Waals surface area contributed by atoms with Crippen LogP contribution in [0.1, 0.15) is 20.8 Å². The van der Waals surface area contributed by atoms with E-state index in [-0.39, 0.29) is 11.3 Å². The number of rotatable bonds is 5. The van der Waals surface area contributed by atoms with E-state index in [4.69, 9.17) is 0 Å². The third-order valence-corrected chi connectivity index (χ3v) is 4.54. The molecule has 0 aromatic carbocycles. The van der Waals surface area contributed by atoms with E-state index in [9.17, 15) is 8.42 Å². The van der Waals surface area contributed by atoms with Gasteiger partial charge < -0.3 is 5.32 Å². The van der Waals surface area contributed by atoms with Crippen molar-refractivity contribution in [1.82, 2.24) is 9.62 Å². The van der Waals surface area contributed by atoms with Gasteiger partial charge in [-0.25, -0.2) is 12.7 Å². The van der Waals surface area contributed by atoms with E-state index < -0.39 is 10.0 Å². The standard InChI is InChI=1S/C8H20N2O2S/c1-7(2)10(5)13(11,12)8(3)6-9-4/h7-9H,6H2,1-5H3. The molecule has 0 aromatic rings. The summed E-state index contributed by atoms with van der Waals surface area (Å²) in [5, 5.41) is 2.49. The third kappa shape index (κ3) is 3.25. The molecule has 4 nitrogen and oxygen atoms in total. The molecule has 1 N–H and O–H groups in total. The maximum absolute atomic E-state index is 11.7. The van der Waals surface area contributed by atoms with Gasteiger partial charge in [0.15, 0.2) is 0 Å². The molecule has 0 rings (SSSR count). The Kier molecular flexibility index (Phi) is 4.88. The molecule has 0 saturated carbocycles. The Labute approximate surface area is 81.4 Å². The fraction of sp³-hybridized carbons (Fsp3) is 1.00. The van der Waals surface area contributed by atoms with Gasteiger partial charge >= 0.3 is 0 Å². The zero-order chi connectivity index (χ0) is 10.6. The Morgan fingerprint density at radius 1 is 1.31 bits per heavy atom. The second-order valence-corrected chi connectivity index (χ2v) is 5.93. The molecule has 1 atom stereocenters. The van der Waals surface area contributed by atoms with E-state index in [0.29, 0.717) is 6.54 Å². The Morgan fingerprint density at radius 3 is 2.08 bits per heavy atom. The number of hydrogen-bond donors (Lipinski definition) is 1. The van der Waals surface area contributed by atoms with E-state index in [1.165, 1.54) is 4.31 Å². The summed E-state index contributed by atoms with van der Waals surface area (Å²) in [6.45, 7) is 5.93. The summed E-state index contributed by atoms with van der Waals surface area (Å²) in [5.74, 6) is 0. The third-order valence-electron chi connectivity index (χ3n) is 2.13. The van der Waals surface area contributed by atoms with Crippen LogP contribution >= 0.6 is 0 Å². The van der Waals surface area contributed by atoms with Crippen LogP contribution in [0.15, 0.2) is 0 Å². The molecule has 0 aromatic heterocycles. The fourth-order valence-electron chi connectivity index (χ4n) is 0.970. The average Bonchev–Trinajstić information content (AvgIpc) is 2.03. The first-order valence-corrected chi connectivity index (χ1v) is 5.95. The van der Waals surface area contributed by atoms with E-state index in [0.717, 1.165) is 0 Å². The minimum atomic E-state index is -3.13. The average molecular weight is 208 g/mol. The first kappa shape index (κ1) is 12.9. The lowest BCUT2D eigenvalue weighted by Gasteiger charge is -2.24. The first-order valence-electron chi connectivity index (χ1n) is 4.45. The van der Waals surface area contributed by atoms with Crippen molar-refractivity contribution >= 4 is 10.0 Å². The number of hydrogen-bond acceptors (Lipinski definition) is 3. The molecule has 0 spiro atoms. The Balaban J connectivity index is 4.56. The van der Waals surface area contributed by atoms with Crippen LogP contribution in [0.2, 0.25) is 0 Å². The zero-order valence-electron chi connectivity index (χ0n) is 9.03. The summed E-state index contributed by atoms with van der Waals surface area (Å²) >= 11 is 0. The molecule has 0 aliphatic carbocycles. The van der Waals surface area contributed by atoms with Gasteiger partial charge in [-0.05, 0) is 27.8 Å². The van der Waals surface area contributed by atoms with Crippen LogP contribution in [0.25, 0.3) is 0 Å². The summed E-state index contributed by atoms with van der Waals surface area (Å²) < 4.78 is 24.9. The molecule has 80 valence electrons. The van der Waals surface area contributed by atoms with Crippen LogP contribution in [0.5, 0.6) is 0 Å². The van der Waals surface area contributed by atoms with Gasteiger partial charge in [-0.3, -0.25) is 0 Å². The lowest BCUT2D eigenvalue weighted by atomic mass is 10.4. The summed E-state index contributed by atoms with van der Waals surface area (Å²) in [4.78, 5) is 0. The monoisotopic (exact) mass is 208 g/mol. The predicted octanol–water partition coefficient (Wildman–Crippen LogP) is 0.264. The predicted molar refractivity (Wildman–Crippen MR) is 55.2 cm³/mol. The quantitative estimate of drug-likeness (QED) is 0.705. The van der Waals surface area contributed by atoms with Crippen molar-refractivity contribution in [2.24, 2.45) is 0 Å². The van der Waals surface area contributed by atoms with Gasteiger partial charge in [0.2, 0.25) is 10.0 Å². The Morgan fingerprint density at radius 2 is 1.77 bits per heavy atom. The highest BCUT2D eigenvalue weighted by Gasteiger charge is 2.26. The highest BCUT2D eigenvalue weighted by atomic mass is 32.2. The van der Waals surface area contributed by atoms with E-state index in [2.05, 4.69) is 5.32 Å². The molecule has 0 bridgehead atoms. The molecular weight excluding hydrogens is 188 g/mol. The van der Waals surface area contributed by atoms with Gasteiger partial charge in [-0.1, -0.05) is 0 Å². The topological polar surface area (TPSA) is 49.4 Å². The number of nitrogens with one attached hydrogen (secondary N) is 1. The largest absolute Gasteiger partial charge is 0.318 e. The molecule has 1 unspecified atom stereocenters. The lowest BCUT2D eigenvalue weighted by Crippen LogP contribution is -2.42. The zero-order valence-corrected chi connectivity index (χ0v) is 9.85. The van der Waals surface area contributed by atoms with Crippen molar-refractivity contribution in [3.8, 4) is 0 Å². The summed E-state index contributed by atoms with van der Waals surface area (Å²) in [6.07, 6.45) is 0. The van der Waals surface area contributed by atoms with E-state index in [1.807, 2.05) is 13.8 Å². The fourth-order valence-corrected chi connectivity index (χ4v) is 2.50. The minimum Gasteiger partial charge on any atom is -0.318 e. The maximum atomic E-state index is 11.7. The molecule has 0 saturated heterocycles. The van der Waals surface area contributed by atoms with Gasteiger partial charge in [0.1, 0.15) is 0 Å². The van der Waals surface area contributed by atoms with Crippen molar-refractivity contribution < 1.29 is 8.42 Å². The lowest BCUT2D eigenvalue weighted by molar-refractivity contribution is 0.403. The van der Waals surface area contributed by atoms with Crippen molar-refractivity contribution in [1.29, 1.82) is 0 Å². The van der Waals surface area contributed by atoms with E-state index >= 15 is 0 Å². The molecule has 0 amide bonds. The number of nitrogens with zero attached hydrogens (tertiary/aromatic N) is 1. The maximum Gasteiger partial charge on any atom is 0.217 e. The van der Waals surface area contributed by atoms with Crippen LogP contribution in [0, 0.1) is 0 Å². The molecule has 0 radical (unpaired) electrons. The van der Waals surface area contributed by atoms with Crippen LogP contribution in [-0.4, -0.2) is 44.7 Å². The van der Waals surface area contributed by atoms with Gasteiger partial charge in [-0.2, -0.15) is 0 Å².